The van der Waals surface area contributed by atoms with Gasteiger partial charge in [-0.05, 0) is 30.5 Å². The summed E-state index contributed by atoms with van der Waals surface area (Å²) in [5, 5.41) is 2.51. The molecule has 1 amide bonds. The highest BCUT2D eigenvalue weighted by molar-refractivity contribution is 6.29. The van der Waals surface area contributed by atoms with Crippen LogP contribution >= 0.6 is 11.6 Å². The number of hydrogen-bond donors (Lipinski definition) is 1. The second kappa shape index (κ2) is 6.50. The van der Waals surface area contributed by atoms with E-state index in [1.54, 1.807) is 12.1 Å². The van der Waals surface area contributed by atoms with Crippen molar-refractivity contribution in [2.24, 2.45) is 0 Å². The first-order chi connectivity index (χ1) is 9.53. The summed E-state index contributed by atoms with van der Waals surface area (Å²) in [6, 6.07) is 6.16. The van der Waals surface area contributed by atoms with E-state index in [0.717, 1.165) is 5.56 Å². The zero-order chi connectivity index (χ0) is 14.6. The fraction of sp³-hybridized carbons (Fsp3) is 0.500. The summed E-state index contributed by atoms with van der Waals surface area (Å²) in [6.45, 7) is 1.36. The van der Waals surface area contributed by atoms with Crippen molar-refractivity contribution in [1.82, 2.24) is 5.32 Å². The standard InChI is InChI=1S/C14H16ClF2NO2/c15-12(17)13(19)18-9-14(5-7-20-8-6-14)10-1-3-11(16)4-2-10/h1-4,12H,5-9H2,(H,18,19). The van der Waals surface area contributed by atoms with E-state index in [4.69, 9.17) is 16.3 Å². The van der Waals surface area contributed by atoms with Gasteiger partial charge in [0.05, 0.1) is 0 Å². The Kier molecular flexibility index (Phi) is 4.94. The van der Waals surface area contributed by atoms with Crippen molar-refractivity contribution >= 4 is 17.5 Å². The molecule has 1 atom stereocenters. The smallest absolute Gasteiger partial charge is 0.270 e. The third kappa shape index (κ3) is 3.46. The molecule has 0 spiro atoms. The Morgan fingerprint density at radius 2 is 1.95 bits per heavy atom. The van der Waals surface area contributed by atoms with E-state index in [-0.39, 0.29) is 17.8 Å². The molecule has 110 valence electrons. The number of hydrogen-bond acceptors (Lipinski definition) is 2. The van der Waals surface area contributed by atoms with Gasteiger partial charge in [0.2, 0.25) is 0 Å². The Hall–Kier alpha value is -1.20. The molecule has 6 heteroatoms. The molecular weight excluding hydrogens is 288 g/mol. The van der Waals surface area contributed by atoms with Gasteiger partial charge in [-0.2, -0.15) is 0 Å². The Morgan fingerprint density at radius 1 is 1.35 bits per heavy atom. The van der Waals surface area contributed by atoms with Crippen molar-refractivity contribution in [3.8, 4) is 0 Å². The van der Waals surface area contributed by atoms with Gasteiger partial charge >= 0.3 is 0 Å². The lowest BCUT2D eigenvalue weighted by Gasteiger charge is -2.38. The Labute approximate surface area is 121 Å². The summed E-state index contributed by atoms with van der Waals surface area (Å²) in [4.78, 5) is 11.3. The number of ether oxygens (including phenoxy) is 1. The predicted molar refractivity (Wildman–Crippen MR) is 71.9 cm³/mol. The van der Waals surface area contributed by atoms with Crippen molar-refractivity contribution in [3.63, 3.8) is 0 Å². The minimum Gasteiger partial charge on any atom is -0.381 e. The maximum Gasteiger partial charge on any atom is 0.270 e. The van der Waals surface area contributed by atoms with Gasteiger partial charge in [0.15, 0.2) is 0 Å². The van der Waals surface area contributed by atoms with Gasteiger partial charge in [-0.25, -0.2) is 8.78 Å². The molecule has 1 unspecified atom stereocenters. The van der Waals surface area contributed by atoms with Crippen LogP contribution in [0.3, 0.4) is 0 Å². The lowest BCUT2D eigenvalue weighted by atomic mass is 9.74. The highest BCUT2D eigenvalue weighted by atomic mass is 35.5. The van der Waals surface area contributed by atoms with Crippen molar-refractivity contribution in [2.45, 2.75) is 23.9 Å². The highest BCUT2D eigenvalue weighted by Crippen LogP contribution is 2.34. The average Bonchev–Trinajstić information content (AvgIpc) is 2.46. The fourth-order valence-electron chi connectivity index (χ4n) is 2.47. The molecule has 2 rings (SSSR count). The van der Waals surface area contributed by atoms with Crippen LogP contribution in [0.25, 0.3) is 0 Å². The maximum atomic E-state index is 13.0. The summed E-state index contributed by atoms with van der Waals surface area (Å²) in [5.74, 6) is -1.16. The topological polar surface area (TPSA) is 38.3 Å². The monoisotopic (exact) mass is 303 g/mol. The van der Waals surface area contributed by atoms with Crippen LogP contribution in [0.15, 0.2) is 24.3 Å². The maximum absolute atomic E-state index is 13.0. The molecule has 0 radical (unpaired) electrons. The minimum absolute atomic E-state index is 0.258. The number of amides is 1. The number of benzene rings is 1. The molecule has 1 N–H and O–H groups in total. The molecular formula is C14H16ClF2NO2. The number of rotatable bonds is 4. The SMILES string of the molecule is O=C(NCC1(c2ccc(F)cc2)CCOCC1)C(F)Cl. The lowest BCUT2D eigenvalue weighted by molar-refractivity contribution is -0.123. The van der Waals surface area contributed by atoms with E-state index in [1.165, 1.54) is 12.1 Å². The molecule has 1 saturated heterocycles. The number of carbonyl (C=O) groups excluding carboxylic acids is 1. The largest absolute Gasteiger partial charge is 0.381 e. The van der Waals surface area contributed by atoms with E-state index in [2.05, 4.69) is 5.32 Å². The zero-order valence-corrected chi connectivity index (χ0v) is 11.6. The first-order valence-corrected chi connectivity index (χ1v) is 6.87. The van der Waals surface area contributed by atoms with E-state index < -0.39 is 11.5 Å². The van der Waals surface area contributed by atoms with Gasteiger partial charge in [0, 0.05) is 25.2 Å². The van der Waals surface area contributed by atoms with E-state index in [0.29, 0.717) is 26.1 Å². The molecule has 1 heterocycles. The zero-order valence-electron chi connectivity index (χ0n) is 10.9. The van der Waals surface area contributed by atoms with Crippen molar-refractivity contribution < 1.29 is 18.3 Å². The first-order valence-electron chi connectivity index (χ1n) is 6.43. The molecule has 0 bridgehead atoms. The van der Waals surface area contributed by atoms with E-state index in [9.17, 15) is 13.6 Å². The molecule has 1 fully saturated rings. The van der Waals surface area contributed by atoms with Crippen molar-refractivity contribution in [2.75, 3.05) is 19.8 Å². The van der Waals surface area contributed by atoms with E-state index in [1.807, 2.05) is 0 Å². The second-order valence-electron chi connectivity index (χ2n) is 4.92. The first kappa shape index (κ1) is 15.2. The minimum atomic E-state index is -2.06. The molecule has 1 aromatic rings. The normalized spacial score (nSPS) is 19.4. The Bertz CT molecular complexity index is 459. The molecule has 1 aromatic carbocycles. The molecule has 0 saturated carbocycles. The third-order valence-electron chi connectivity index (χ3n) is 3.71. The van der Waals surface area contributed by atoms with Crippen LogP contribution in [0.5, 0.6) is 0 Å². The lowest BCUT2D eigenvalue weighted by Crippen LogP contribution is -2.45. The summed E-state index contributed by atoms with van der Waals surface area (Å²) in [6.07, 6.45) is 1.36. The molecule has 0 aliphatic carbocycles. The van der Waals surface area contributed by atoms with E-state index >= 15 is 0 Å². The molecule has 1 aliphatic rings. The molecule has 1 aliphatic heterocycles. The number of halogens is 3. The summed E-state index contributed by atoms with van der Waals surface area (Å²) < 4.78 is 31.1. The average molecular weight is 304 g/mol. The summed E-state index contributed by atoms with van der Waals surface area (Å²) in [7, 11) is 0. The Balaban J connectivity index is 2.17. The van der Waals surface area contributed by atoms with Crippen LogP contribution in [0.4, 0.5) is 8.78 Å². The third-order valence-corrected chi connectivity index (χ3v) is 3.90. The number of carbonyl (C=O) groups is 1. The fourth-order valence-corrected chi connectivity index (χ4v) is 2.54. The van der Waals surface area contributed by atoms with Crippen LogP contribution < -0.4 is 5.32 Å². The Morgan fingerprint density at radius 3 is 2.50 bits per heavy atom. The summed E-state index contributed by atoms with van der Waals surface area (Å²) >= 11 is 5.11. The summed E-state index contributed by atoms with van der Waals surface area (Å²) in [5.41, 5.74) is -1.51. The van der Waals surface area contributed by atoms with Gasteiger partial charge in [-0.3, -0.25) is 4.79 Å². The van der Waals surface area contributed by atoms with Gasteiger partial charge < -0.3 is 10.1 Å². The predicted octanol–water partition coefficient (Wildman–Crippen LogP) is 2.52. The van der Waals surface area contributed by atoms with Crippen LogP contribution in [0.2, 0.25) is 0 Å². The van der Waals surface area contributed by atoms with Gasteiger partial charge in [0.25, 0.3) is 11.5 Å². The highest BCUT2D eigenvalue weighted by Gasteiger charge is 2.35. The molecule has 3 nitrogen and oxygen atoms in total. The van der Waals surface area contributed by atoms with Crippen LogP contribution in [0, 0.1) is 5.82 Å². The molecule has 20 heavy (non-hydrogen) atoms. The van der Waals surface area contributed by atoms with Crippen LogP contribution in [-0.4, -0.2) is 31.3 Å². The quantitative estimate of drug-likeness (QED) is 0.868. The van der Waals surface area contributed by atoms with Crippen molar-refractivity contribution in [3.05, 3.63) is 35.6 Å². The molecule has 0 aromatic heterocycles. The second-order valence-corrected chi connectivity index (χ2v) is 5.30. The number of nitrogens with one attached hydrogen (secondary N) is 1. The van der Waals surface area contributed by atoms with Gasteiger partial charge in [-0.15, -0.1) is 0 Å². The number of alkyl halides is 2. The van der Waals surface area contributed by atoms with Crippen LogP contribution in [0.1, 0.15) is 18.4 Å². The van der Waals surface area contributed by atoms with Crippen LogP contribution in [-0.2, 0) is 14.9 Å². The van der Waals surface area contributed by atoms with Gasteiger partial charge in [0.1, 0.15) is 5.82 Å². The van der Waals surface area contributed by atoms with Gasteiger partial charge in [-0.1, -0.05) is 23.7 Å². The van der Waals surface area contributed by atoms with Crippen molar-refractivity contribution in [1.29, 1.82) is 0 Å².